The van der Waals surface area contributed by atoms with E-state index in [2.05, 4.69) is 15.1 Å². The van der Waals surface area contributed by atoms with E-state index in [1.54, 1.807) is 10.9 Å². The highest BCUT2D eigenvalue weighted by atomic mass is 16.1. The Bertz CT molecular complexity index is 586. The highest BCUT2D eigenvalue weighted by molar-refractivity contribution is 5.56. The van der Waals surface area contributed by atoms with Crippen LogP contribution in [0.25, 0.3) is 11.3 Å². The molecular weight excluding hydrogens is 230 g/mol. The third-order valence-electron chi connectivity index (χ3n) is 2.71. The molecule has 0 spiro atoms. The highest BCUT2D eigenvalue weighted by Gasteiger charge is 2.11. The van der Waals surface area contributed by atoms with Crippen LogP contribution in [-0.4, -0.2) is 19.7 Å². The van der Waals surface area contributed by atoms with Crippen LogP contribution >= 0.6 is 0 Å². The van der Waals surface area contributed by atoms with Gasteiger partial charge in [-0.15, -0.1) is 0 Å². The number of rotatable bonds is 4. The zero-order valence-electron chi connectivity index (χ0n) is 10.6. The van der Waals surface area contributed by atoms with E-state index < -0.39 is 0 Å². The molecule has 1 unspecified atom stereocenters. The fourth-order valence-corrected chi connectivity index (χ4v) is 1.80. The summed E-state index contributed by atoms with van der Waals surface area (Å²) in [5, 5.41) is 4.07. The molecule has 18 heavy (non-hydrogen) atoms. The van der Waals surface area contributed by atoms with Gasteiger partial charge in [-0.1, -0.05) is 13.3 Å². The first-order valence-corrected chi connectivity index (χ1v) is 5.96. The molecule has 0 fully saturated rings. The van der Waals surface area contributed by atoms with E-state index >= 15 is 0 Å². The van der Waals surface area contributed by atoms with Gasteiger partial charge in [-0.25, -0.2) is 4.98 Å². The van der Waals surface area contributed by atoms with E-state index in [0.29, 0.717) is 11.5 Å². The van der Waals surface area contributed by atoms with Gasteiger partial charge in [-0.3, -0.25) is 9.48 Å². The molecule has 6 nitrogen and oxygen atoms in total. The van der Waals surface area contributed by atoms with Crippen molar-refractivity contribution in [1.82, 2.24) is 19.7 Å². The van der Waals surface area contributed by atoms with Gasteiger partial charge in [0.2, 0.25) is 0 Å². The van der Waals surface area contributed by atoms with E-state index in [-0.39, 0.29) is 11.6 Å². The molecular formula is C12H17N5O. The summed E-state index contributed by atoms with van der Waals surface area (Å²) in [4.78, 5) is 18.7. The van der Waals surface area contributed by atoms with E-state index in [9.17, 15) is 4.79 Å². The lowest BCUT2D eigenvalue weighted by Crippen LogP contribution is -2.19. The van der Waals surface area contributed by atoms with Crippen molar-refractivity contribution < 1.29 is 0 Å². The zero-order valence-corrected chi connectivity index (χ0v) is 10.6. The molecule has 0 aliphatic heterocycles. The Morgan fingerprint density at radius 1 is 1.56 bits per heavy atom. The molecule has 3 N–H and O–H groups in total. The van der Waals surface area contributed by atoms with Gasteiger partial charge in [-0.05, 0) is 6.42 Å². The molecule has 2 rings (SSSR count). The minimum Gasteiger partial charge on any atom is -0.321 e. The lowest BCUT2D eigenvalue weighted by Gasteiger charge is -2.09. The van der Waals surface area contributed by atoms with Gasteiger partial charge in [0.25, 0.3) is 5.56 Å². The third-order valence-corrected chi connectivity index (χ3v) is 2.71. The van der Waals surface area contributed by atoms with Crippen LogP contribution in [0.5, 0.6) is 0 Å². The number of nitrogens with two attached hydrogens (primary N) is 1. The first-order valence-electron chi connectivity index (χ1n) is 5.96. The fourth-order valence-electron chi connectivity index (χ4n) is 1.80. The molecule has 2 heterocycles. The number of aryl methyl sites for hydroxylation is 1. The Morgan fingerprint density at radius 3 is 2.94 bits per heavy atom. The summed E-state index contributed by atoms with van der Waals surface area (Å²) < 4.78 is 1.67. The summed E-state index contributed by atoms with van der Waals surface area (Å²) in [6.07, 6.45) is 5.23. The van der Waals surface area contributed by atoms with Crippen LogP contribution < -0.4 is 11.3 Å². The topological polar surface area (TPSA) is 89.6 Å². The van der Waals surface area contributed by atoms with Crippen molar-refractivity contribution in [2.24, 2.45) is 12.8 Å². The van der Waals surface area contributed by atoms with Crippen molar-refractivity contribution in [3.63, 3.8) is 0 Å². The predicted octanol–water partition coefficient (Wildman–Crippen LogP) is 0.970. The first kappa shape index (κ1) is 12.5. The van der Waals surface area contributed by atoms with Crippen LogP contribution in [0.2, 0.25) is 0 Å². The number of H-pyrrole nitrogens is 1. The second-order valence-corrected chi connectivity index (χ2v) is 4.31. The van der Waals surface area contributed by atoms with Crippen molar-refractivity contribution >= 4 is 0 Å². The zero-order chi connectivity index (χ0) is 13.1. The monoisotopic (exact) mass is 247 g/mol. The average Bonchev–Trinajstić information content (AvgIpc) is 2.75. The molecule has 6 heteroatoms. The fraction of sp³-hybridized carbons (Fsp3) is 0.417. The van der Waals surface area contributed by atoms with E-state index in [1.165, 1.54) is 6.07 Å². The number of nitrogens with zero attached hydrogens (tertiary/aromatic N) is 3. The van der Waals surface area contributed by atoms with Crippen LogP contribution in [0.1, 0.15) is 31.6 Å². The summed E-state index contributed by atoms with van der Waals surface area (Å²) >= 11 is 0. The van der Waals surface area contributed by atoms with E-state index in [0.717, 1.165) is 18.4 Å². The SMILES string of the molecule is CCCC(N)c1nc(-c2cnn(C)c2)cc(=O)[nH]1. The van der Waals surface area contributed by atoms with Crippen LogP contribution in [0.4, 0.5) is 0 Å². The van der Waals surface area contributed by atoms with Gasteiger partial charge in [0.05, 0.1) is 17.9 Å². The van der Waals surface area contributed by atoms with Crippen molar-refractivity contribution in [1.29, 1.82) is 0 Å². The van der Waals surface area contributed by atoms with Gasteiger partial charge < -0.3 is 10.7 Å². The second kappa shape index (κ2) is 5.14. The van der Waals surface area contributed by atoms with Crippen LogP contribution in [0.3, 0.4) is 0 Å². The Hall–Kier alpha value is -1.95. The largest absolute Gasteiger partial charge is 0.321 e. The first-order chi connectivity index (χ1) is 8.60. The molecule has 0 radical (unpaired) electrons. The predicted molar refractivity (Wildman–Crippen MR) is 68.9 cm³/mol. The van der Waals surface area contributed by atoms with Gasteiger partial charge in [0.1, 0.15) is 5.82 Å². The maximum absolute atomic E-state index is 11.6. The molecule has 0 aromatic carbocycles. The number of aromatic amines is 1. The molecule has 0 aliphatic carbocycles. The molecule has 2 aromatic heterocycles. The summed E-state index contributed by atoms with van der Waals surface area (Å²) in [7, 11) is 1.82. The lowest BCUT2D eigenvalue weighted by molar-refractivity contribution is 0.600. The Balaban J connectivity index is 2.41. The maximum atomic E-state index is 11.6. The van der Waals surface area contributed by atoms with Crippen molar-refractivity contribution in [2.45, 2.75) is 25.8 Å². The van der Waals surface area contributed by atoms with Crippen molar-refractivity contribution in [2.75, 3.05) is 0 Å². The van der Waals surface area contributed by atoms with Crippen molar-refractivity contribution in [3.8, 4) is 11.3 Å². The minimum atomic E-state index is -0.237. The van der Waals surface area contributed by atoms with Crippen molar-refractivity contribution in [3.05, 3.63) is 34.6 Å². The quantitative estimate of drug-likeness (QED) is 0.842. The Kier molecular flexibility index (Phi) is 3.57. The van der Waals surface area contributed by atoms with Crippen LogP contribution in [-0.2, 0) is 7.05 Å². The average molecular weight is 247 g/mol. The third kappa shape index (κ3) is 2.65. The van der Waals surface area contributed by atoms with Gasteiger partial charge in [-0.2, -0.15) is 5.10 Å². The van der Waals surface area contributed by atoms with E-state index in [4.69, 9.17) is 5.73 Å². The summed E-state index contributed by atoms with van der Waals surface area (Å²) in [6, 6.07) is 1.22. The summed E-state index contributed by atoms with van der Waals surface area (Å²) in [6.45, 7) is 2.04. The summed E-state index contributed by atoms with van der Waals surface area (Å²) in [5.74, 6) is 0.531. The Morgan fingerprint density at radius 2 is 2.33 bits per heavy atom. The second-order valence-electron chi connectivity index (χ2n) is 4.31. The lowest BCUT2D eigenvalue weighted by atomic mass is 10.1. The standard InChI is InChI=1S/C12H17N5O/c1-3-4-9(13)12-15-10(5-11(18)16-12)8-6-14-17(2)7-8/h5-7,9H,3-4,13H2,1-2H3,(H,15,16,18). The summed E-state index contributed by atoms with van der Waals surface area (Å²) in [5.41, 5.74) is 7.20. The molecule has 2 aromatic rings. The molecule has 1 atom stereocenters. The maximum Gasteiger partial charge on any atom is 0.251 e. The number of hydrogen-bond acceptors (Lipinski definition) is 4. The van der Waals surface area contributed by atoms with Crippen LogP contribution in [0.15, 0.2) is 23.3 Å². The molecule has 0 bridgehead atoms. The van der Waals surface area contributed by atoms with Gasteiger partial charge in [0, 0.05) is 24.9 Å². The number of hydrogen-bond donors (Lipinski definition) is 2. The molecule has 0 saturated carbocycles. The molecule has 0 saturated heterocycles. The number of nitrogens with one attached hydrogen (secondary N) is 1. The van der Waals surface area contributed by atoms with Gasteiger partial charge in [0.15, 0.2) is 0 Å². The van der Waals surface area contributed by atoms with E-state index in [1.807, 2.05) is 20.2 Å². The normalized spacial score (nSPS) is 12.6. The smallest absolute Gasteiger partial charge is 0.251 e. The van der Waals surface area contributed by atoms with Gasteiger partial charge >= 0.3 is 0 Å². The Labute approximate surface area is 105 Å². The molecule has 0 amide bonds. The number of aromatic nitrogens is 4. The molecule has 0 aliphatic rings. The minimum absolute atomic E-state index is 0.189. The van der Waals surface area contributed by atoms with Crippen LogP contribution in [0, 0.1) is 0 Å². The highest BCUT2D eigenvalue weighted by Crippen LogP contribution is 2.16. The molecule has 96 valence electrons.